The average molecular weight is 210 g/mol. The fourth-order valence-electron chi connectivity index (χ4n) is 1.93. The molecule has 2 rings (SSSR count). The van der Waals surface area contributed by atoms with Crippen LogP contribution in [-0.2, 0) is 0 Å². The van der Waals surface area contributed by atoms with Gasteiger partial charge in [-0.1, -0.05) is 13.3 Å². The maximum absolute atomic E-state index is 11.6. The first-order valence-corrected chi connectivity index (χ1v) is 5.90. The molecular weight excluding hydrogens is 196 g/mol. The summed E-state index contributed by atoms with van der Waals surface area (Å²) in [5, 5.41) is 4.82. The van der Waals surface area contributed by atoms with Crippen molar-refractivity contribution in [2.75, 3.05) is 0 Å². The Morgan fingerprint density at radius 1 is 1.64 bits per heavy atom. The van der Waals surface area contributed by atoms with Crippen molar-refractivity contribution in [1.29, 1.82) is 0 Å². The summed E-state index contributed by atoms with van der Waals surface area (Å²) in [6.07, 6.45) is 3.56. The summed E-state index contributed by atoms with van der Waals surface area (Å²) < 4.78 is 0. The number of carbonyl (C=O) groups excluding carboxylic acids is 1. The molecule has 1 aromatic rings. The molecule has 1 aromatic heterocycles. The van der Waals surface area contributed by atoms with Crippen molar-refractivity contribution in [3.63, 3.8) is 0 Å². The zero-order valence-electron chi connectivity index (χ0n) is 8.19. The lowest BCUT2D eigenvalue weighted by Gasteiger charge is -2.16. The molecule has 2 atom stereocenters. The molecule has 0 radical (unpaired) electrons. The van der Waals surface area contributed by atoms with E-state index in [1.807, 2.05) is 0 Å². The zero-order valence-corrected chi connectivity index (χ0v) is 9.01. The Bertz CT molecular complexity index is 310. The topological polar surface area (TPSA) is 42.0 Å². The monoisotopic (exact) mass is 210 g/mol. The summed E-state index contributed by atoms with van der Waals surface area (Å²) in [6.45, 7) is 2.19. The Morgan fingerprint density at radius 3 is 3.07 bits per heavy atom. The number of hydrogen-bond acceptors (Lipinski definition) is 3. The highest BCUT2D eigenvalue weighted by Gasteiger charge is 2.25. The Balaban J connectivity index is 1.95. The molecule has 0 spiro atoms. The van der Waals surface area contributed by atoms with Crippen molar-refractivity contribution < 1.29 is 4.79 Å². The fraction of sp³-hybridized carbons (Fsp3) is 0.600. The first kappa shape index (κ1) is 9.65. The van der Waals surface area contributed by atoms with Crippen molar-refractivity contribution in [2.45, 2.75) is 32.2 Å². The van der Waals surface area contributed by atoms with E-state index in [2.05, 4.69) is 17.2 Å². The third kappa shape index (κ3) is 1.95. The molecule has 0 aliphatic heterocycles. The summed E-state index contributed by atoms with van der Waals surface area (Å²) in [7, 11) is 0. The van der Waals surface area contributed by atoms with Gasteiger partial charge >= 0.3 is 0 Å². The third-order valence-electron chi connectivity index (χ3n) is 2.84. The van der Waals surface area contributed by atoms with Crippen molar-refractivity contribution in [1.82, 2.24) is 10.3 Å². The molecule has 1 saturated carbocycles. The number of nitrogens with one attached hydrogen (secondary N) is 1. The van der Waals surface area contributed by atoms with Crippen molar-refractivity contribution in [2.24, 2.45) is 5.92 Å². The maximum atomic E-state index is 11.6. The lowest BCUT2D eigenvalue weighted by atomic mass is 10.1. The molecule has 2 unspecified atom stereocenters. The van der Waals surface area contributed by atoms with Crippen LogP contribution < -0.4 is 5.32 Å². The summed E-state index contributed by atoms with van der Waals surface area (Å²) in [5.41, 5.74) is 2.24. The Kier molecular flexibility index (Phi) is 2.82. The summed E-state index contributed by atoms with van der Waals surface area (Å²) in [6, 6.07) is 0.351. The molecule has 0 aromatic carbocycles. The first-order chi connectivity index (χ1) is 6.77. The third-order valence-corrected chi connectivity index (χ3v) is 3.43. The number of carbonyl (C=O) groups is 1. The fourth-order valence-corrected chi connectivity index (χ4v) is 2.46. The number of nitrogens with zero attached hydrogens (tertiary/aromatic N) is 1. The van der Waals surface area contributed by atoms with Crippen LogP contribution in [-0.4, -0.2) is 16.9 Å². The van der Waals surface area contributed by atoms with Crippen molar-refractivity contribution >= 4 is 17.2 Å². The Morgan fingerprint density at radius 2 is 2.50 bits per heavy atom. The van der Waals surface area contributed by atoms with E-state index in [4.69, 9.17) is 0 Å². The highest BCUT2D eigenvalue weighted by Crippen LogP contribution is 2.24. The van der Waals surface area contributed by atoms with Gasteiger partial charge in [0.25, 0.3) is 5.91 Å². The minimum absolute atomic E-state index is 0.0231. The SMILES string of the molecule is CC1CCCC1NC(=O)c1cscn1. The van der Waals surface area contributed by atoms with Crippen LogP contribution in [0.1, 0.15) is 36.7 Å². The number of thiazole rings is 1. The number of rotatable bonds is 2. The lowest BCUT2D eigenvalue weighted by Crippen LogP contribution is -2.36. The van der Waals surface area contributed by atoms with Gasteiger partial charge in [-0.15, -0.1) is 11.3 Å². The molecule has 3 nitrogen and oxygen atoms in total. The smallest absolute Gasteiger partial charge is 0.270 e. The number of aromatic nitrogens is 1. The van der Waals surface area contributed by atoms with Crippen LogP contribution in [0.15, 0.2) is 10.9 Å². The summed E-state index contributed by atoms with van der Waals surface area (Å²) >= 11 is 1.45. The first-order valence-electron chi connectivity index (χ1n) is 4.96. The molecule has 0 saturated heterocycles. The second kappa shape index (κ2) is 4.09. The molecule has 76 valence electrons. The van der Waals surface area contributed by atoms with Crippen LogP contribution >= 0.6 is 11.3 Å². The molecule has 0 bridgehead atoms. The van der Waals surface area contributed by atoms with E-state index in [0.717, 1.165) is 6.42 Å². The van der Waals surface area contributed by atoms with Gasteiger partial charge in [0, 0.05) is 11.4 Å². The molecule has 1 amide bonds. The maximum Gasteiger partial charge on any atom is 0.270 e. The van der Waals surface area contributed by atoms with E-state index in [1.165, 1.54) is 24.2 Å². The number of hydrogen-bond donors (Lipinski definition) is 1. The highest BCUT2D eigenvalue weighted by molar-refractivity contribution is 7.07. The molecule has 1 aliphatic rings. The average Bonchev–Trinajstić information content (AvgIpc) is 2.77. The van der Waals surface area contributed by atoms with E-state index in [-0.39, 0.29) is 5.91 Å². The molecular formula is C10H14N2OS. The van der Waals surface area contributed by atoms with Crippen LogP contribution in [0.4, 0.5) is 0 Å². The zero-order chi connectivity index (χ0) is 9.97. The van der Waals surface area contributed by atoms with Gasteiger partial charge in [0.2, 0.25) is 0 Å². The second-order valence-electron chi connectivity index (χ2n) is 3.86. The molecule has 1 aliphatic carbocycles. The van der Waals surface area contributed by atoms with Gasteiger partial charge in [-0.25, -0.2) is 4.98 Å². The van der Waals surface area contributed by atoms with Gasteiger partial charge < -0.3 is 5.32 Å². The van der Waals surface area contributed by atoms with Gasteiger partial charge in [-0.3, -0.25) is 4.79 Å². The standard InChI is InChI=1S/C10H14N2OS/c1-7-3-2-4-8(7)12-10(13)9-5-14-6-11-9/h5-8H,2-4H2,1H3,(H,12,13). The summed E-state index contributed by atoms with van der Waals surface area (Å²) in [5.74, 6) is 0.586. The predicted molar refractivity (Wildman–Crippen MR) is 56.4 cm³/mol. The van der Waals surface area contributed by atoms with Crippen molar-refractivity contribution in [3.8, 4) is 0 Å². The number of amides is 1. The largest absolute Gasteiger partial charge is 0.348 e. The van der Waals surface area contributed by atoms with Crippen LogP contribution in [0.3, 0.4) is 0 Å². The van der Waals surface area contributed by atoms with Crippen molar-refractivity contribution in [3.05, 3.63) is 16.6 Å². The molecule has 1 fully saturated rings. The minimum atomic E-state index is -0.0231. The molecule has 1 N–H and O–H groups in total. The van der Waals surface area contributed by atoms with Crippen LogP contribution in [0.5, 0.6) is 0 Å². The van der Waals surface area contributed by atoms with E-state index >= 15 is 0 Å². The van der Waals surface area contributed by atoms with Gasteiger partial charge in [0.05, 0.1) is 5.51 Å². The summed E-state index contributed by atoms with van der Waals surface area (Å²) in [4.78, 5) is 15.6. The predicted octanol–water partition coefficient (Wildman–Crippen LogP) is 2.06. The van der Waals surface area contributed by atoms with E-state index < -0.39 is 0 Å². The normalized spacial score (nSPS) is 26.4. The molecule has 14 heavy (non-hydrogen) atoms. The van der Waals surface area contributed by atoms with Gasteiger partial charge in [0.15, 0.2) is 0 Å². The quantitative estimate of drug-likeness (QED) is 0.812. The highest BCUT2D eigenvalue weighted by atomic mass is 32.1. The lowest BCUT2D eigenvalue weighted by molar-refractivity contribution is 0.0925. The van der Waals surface area contributed by atoms with E-state index in [9.17, 15) is 4.79 Å². The van der Waals surface area contributed by atoms with Crippen LogP contribution in [0.2, 0.25) is 0 Å². The van der Waals surface area contributed by atoms with Gasteiger partial charge in [-0.05, 0) is 18.8 Å². The second-order valence-corrected chi connectivity index (χ2v) is 4.58. The van der Waals surface area contributed by atoms with Gasteiger partial charge in [-0.2, -0.15) is 0 Å². The molecule has 1 heterocycles. The minimum Gasteiger partial charge on any atom is -0.348 e. The van der Waals surface area contributed by atoms with E-state index in [1.54, 1.807) is 10.9 Å². The Labute approximate surface area is 87.6 Å². The van der Waals surface area contributed by atoms with Gasteiger partial charge in [0.1, 0.15) is 5.69 Å². The molecule has 4 heteroatoms. The van der Waals surface area contributed by atoms with E-state index in [0.29, 0.717) is 17.7 Å². The van der Waals surface area contributed by atoms with Crippen LogP contribution in [0.25, 0.3) is 0 Å². The van der Waals surface area contributed by atoms with Crippen LogP contribution in [0, 0.1) is 5.92 Å². The Hall–Kier alpha value is -0.900.